The van der Waals surface area contributed by atoms with Gasteiger partial charge in [0.15, 0.2) is 0 Å². The Morgan fingerprint density at radius 2 is 2.21 bits per heavy atom. The van der Waals surface area contributed by atoms with E-state index < -0.39 is 6.17 Å². The molecule has 0 spiro atoms. The highest BCUT2D eigenvalue weighted by Gasteiger charge is 2.30. The zero-order valence-corrected chi connectivity index (χ0v) is 15.7. The van der Waals surface area contributed by atoms with E-state index in [-0.39, 0.29) is 24.5 Å². The van der Waals surface area contributed by atoms with E-state index in [1.54, 1.807) is 34.3 Å². The summed E-state index contributed by atoms with van der Waals surface area (Å²) in [6.07, 6.45) is 4.83. The van der Waals surface area contributed by atoms with Crippen molar-refractivity contribution in [3.63, 3.8) is 0 Å². The van der Waals surface area contributed by atoms with Crippen LogP contribution >= 0.6 is 11.3 Å². The van der Waals surface area contributed by atoms with E-state index in [2.05, 4.69) is 15.0 Å². The second kappa shape index (κ2) is 6.94. The third kappa shape index (κ3) is 3.03. The van der Waals surface area contributed by atoms with E-state index >= 15 is 0 Å². The second-order valence-corrected chi connectivity index (χ2v) is 7.80. The van der Waals surface area contributed by atoms with Crippen LogP contribution in [0.25, 0.3) is 10.6 Å². The molecular formula is C20H18FN5OS. The van der Waals surface area contributed by atoms with Crippen LogP contribution in [0.5, 0.6) is 0 Å². The number of hydrogen-bond acceptors (Lipinski definition) is 6. The molecule has 1 atom stereocenters. The van der Waals surface area contributed by atoms with E-state index in [1.807, 2.05) is 0 Å². The molecule has 5 rings (SSSR count). The maximum absolute atomic E-state index is 13.5. The molecule has 3 aromatic heterocycles. The van der Waals surface area contributed by atoms with Gasteiger partial charge in [0.25, 0.3) is 5.91 Å². The van der Waals surface area contributed by atoms with E-state index in [4.69, 9.17) is 2.74 Å². The second-order valence-electron chi connectivity index (χ2n) is 6.80. The molecule has 28 heavy (non-hydrogen) atoms. The summed E-state index contributed by atoms with van der Waals surface area (Å²) in [5, 5.41) is 0.639. The summed E-state index contributed by atoms with van der Waals surface area (Å²) in [4.78, 5) is 30.0. The lowest BCUT2D eigenvalue weighted by molar-refractivity contribution is 0.0984. The molecule has 2 aliphatic heterocycles. The standard InChI is InChI=1S/C20H18FN5OS/c21-14-5-8-25(12-14)17-4-3-13(10-23-17)19-24-16-6-9-26(20(27)18(16)28-19)15-2-1-7-22-11-15/h1-4,7,10-11,14H,5-6,8-9,12H2/t14-/m1/s1/i1T,4T. The SMILES string of the molecule is [3H]c1cncc(N2CCc3nc(-c4cnc(N5CC[C@@H](F)C5)c([3H])c4)sc3C2=O)c1. The van der Waals surface area contributed by atoms with Crippen molar-refractivity contribution < 1.29 is 11.9 Å². The van der Waals surface area contributed by atoms with Crippen molar-refractivity contribution >= 4 is 28.7 Å². The molecule has 1 saturated heterocycles. The number of alkyl halides is 1. The molecule has 0 aliphatic carbocycles. The van der Waals surface area contributed by atoms with Crippen LogP contribution in [0.15, 0.2) is 42.8 Å². The maximum Gasteiger partial charge on any atom is 0.270 e. The molecular weight excluding hydrogens is 377 g/mol. The fourth-order valence-corrected chi connectivity index (χ4v) is 4.55. The number of carbonyl (C=O) groups is 1. The Balaban J connectivity index is 1.43. The van der Waals surface area contributed by atoms with Crippen molar-refractivity contribution in [2.45, 2.75) is 19.0 Å². The van der Waals surface area contributed by atoms with Crippen molar-refractivity contribution in [1.29, 1.82) is 0 Å². The number of hydrogen-bond donors (Lipinski definition) is 0. The van der Waals surface area contributed by atoms with Crippen molar-refractivity contribution in [3.05, 3.63) is 53.4 Å². The minimum absolute atomic E-state index is 0.158. The van der Waals surface area contributed by atoms with Gasteiger partial charge in [-0.05, 0) is 30.6 Å². The smallest absolute Gasteiger partial charge is 0.270 e. The van der Waals surface area contributed by atoms with Gasteiger partial charge in [-0.1, -0.05) is 0 Å². The van der Waals surface area contributed by atoms with Gasteiger partial charge in [-0.3, -0.25) is 9.78 Å². The fraction of sp³-hybridized carbons (Fsp3) is 0.300. The average Bonchev–Trinajstić information content (AvgIpc) is 3.35. The van der Waals surface area contributed by atoms with Gasteiger partial charge in [-0.15, -0.1) is 11.3 Å². The lowest BCUT2D eigenvalue weighted by Crippen LogP contribution is -2.36. The van der Waals surface area contributed by atoms with Gasteiger partial charge in [0.1, 0.15) is 21.9 Å². The van der Waals surface area contributed by atoms with Crippen molar-refractivity contribution in [2.24, 2.45) is 0 Å². The van der Waals surface area contributed by atoms with Crippen LogP contribution in [0.1, 0.15) is 24.5 Å². The number of pyridine rings is 2. The fourth-order valence-electron chi connectivity index (χ4n) is 3.51. The van der Waals surface area contributed by atoms with Crippen LogP contribution in [0.3, 0.4) is 0 Å². The summed E-state index contributed by atoms with van der Waals surface area (Å²) < 4.78 is 29.5. The summed E-state index contributed by atoms with van der Waals surface area (Å²) in [6.45, 7) is 1.30. The molecule has 0 unspecified atom stereocenters. The monoisotopic (exact) mass is 399 g/mol. The first-order chi connectivity index (χ1) is 14.5. The van der Waals surface area contributed by atoms with Crippen molar-refractivity contribution in [1.82, 2.24) is 15.0 Å². The first-order valence-corrected chi connectivity index (χ1v) is 9.90. The molecule has 0 saturated carbocycles. The highest BCUT2D eigenvalue weighted by atomic mass is 32.1. The average molecular weight is 399 g/mol. The molecule has 5 heterocycles. The Bertz CT molecular complexity index is 1140. The van der Waals surface area contributed by atoms with E-state index in [0.29, 0.717) is 52.9 Å². The van der Waals surface area contributed by atoms with Gasteiger partial charge in [0, 0.05) is 37.5 Å². The van der Waals surface area contributed by atoms with Crippen LogP contribution < -0.4 is 9.80 Å². The zero-order valence-electron chi connectivity index (χ0n) is 16.9. The number of nitrogens with zero attached hydrogens (tertiary/aromatic N) is 5. The van der Waals surface area contributed by atoms with E-state index in [9.17, 15) is 9.18 Å². The van der Waals surface area contributed by atoms with Crippen LogP contribution in [0.4, 0.5) is 15.9 Å². The molecule has 6 nitrogen and oxygen atoms in total. The Labute approximate surface area is 168 Å². The van der Waals surface area contributed by atoms with E-state index in [0.717, 1.165) is 5.69 Å². The summed E-state index contributed by atoms with van der Waals surface area (Å²) >= 11 is 1.28. The van der Waals surface area contributed by atoms with Crippen molar-refractivity contribution in [3.8, 4) is 10.6 Å². The molecule has 1 amide bonds. The Kier molecular flexibility index (Phi) is 3.74. The van der Waals surface area contributed by atoms with Gasteiger partial charge in [0.05, 0.1) is 26.9 Å². The Morgan fingerprint density at radius 1 is 1.29 bits per heavy atom. The van der Waals surface area contributed by atoms with Crippen LogP contribution in [0.2, 0.25) is 0 Å². The first kappa shape index (κ1) is 15.1. The van der Waals surface area contributed by atoms with Gasteiger partial charge < -0.3 is 9.80 Å². The van der Waals surface area contributed by atoms with Crippen LogP contribution in [0, 0.1) is 0 Å². The van der Waals surface area contributed by atoms with E-state index in [1.165, 1.54) is 17.5 Å². The largest absolute Gasteiger partial charge is 0.354 e. The van der Waals surface area contributed by atoms with Crippen LogP contribution in [-0.4, -0.2) is 46.7 Å². The molecule has 142 valence electrons. The van der Waals surface area contributed by atoms with Crippen LogP contribution in [-0.2, 0) is 6.42 Å². The minimum Gasteiger partial charge on any atom is -0.354 e. The summed E-state index contributed by atoms with van der Waals surface area (Å²) in [6, 6.07) is 3.77. The molecule has 3 aromatic rings. The molecule has 8 heteroatoms. The zero-order chi connectivity index (χ0) is 20.8. The molecule has 2 aliphatic rings. The number of thiazole rings is 1. The quantitative estimate of drug-likeness (QED) is 0.676. The molecule has 0 bridgehead atoms. The number of anilines is 2. The Morgan fingerprint density at radius 3 is 3.00 bits per heavy atom. The highest BCUT2D eigenvalue weighted by molar-refractivity contribution is 7.17. The maximum atomic E-state index is 13.5. The predicted molar refractivity (Wildman–Crippen MR) is 107 cm³/mol. The van der Waals surface area contributed by atoms with Gasteiger partial charge in [-0.25, -0.2) is 14.4 Å². The number of halogens is 1. The number of carbonyl (C=O) groups excluding carboxylic acids is 1. The topological polar surface area (TPSA) is 62.2 Å². The number of rotatable bonds is 3. The molecule has 0 radical (unpaired) electrons. The lowest BCUT2D eigenvalue weighted by atomic mass is 10.1. The third-order valence-corrected chi connectivity index (χ3v) is 6.10. The van der Waals surface area contributed by atoms with Gasteiger partial charge in [0.2, 0.25) is 0 Å². The molecule has 1 fully saturated rings. The summed E-state index contributed by atoms with van der Waals surface area (Å²) in [5.41, 5.74) is 2.01. The normalized spacial score (nSPS) is 20.2. The number of fused-ring (bicyclic) bond motifs is 1. The lowest BCUT2D eigenvalue weighted by Gasteiger charge is -2.25. The highest BCUT2D eigenvalue weighted by Crippen LogP contribution is 2.33. The third-order valence-electron chi connectivity index (χ3n) is 4.97. The number of aromatic nitrogens is 3. The van der Waals surface area contributed by atoms with Gasteiger partial charge >= 0.3 is 0 Å². The summed E-state index contributed by atoms with van der Waals surface area (Å²) in [7, 11) is 0. The van der Waals surface area contributed by atoms with Gasteiger partial charge in [-0.2, -0.15) is 0 Å². The predicted octanol–water partition coefficient (Wildman–Crippen LogP) is 3.35. The molecule has 0 N–H and O–H groups in total. The first-order valence-electron chi connectivity index (χ1n) is 10.1. The summed E-state index contributed by atoms with van der Waals surface area (Å²) in [5.74, 6) is 0.319. The number of amides is 1. The minimum atomic E-state index is -0.878. The van der Waals surface area contributed by atoms with Crippen molar-refractivity contribution in [2.75, 3.05) is 29.4 Å². The molecule has 0 aromatic carbocycles. The Hall–Kier alpha value is -2.87.